The molecule has 1 N–H and O–H groups in total. The molecule has 1 aliphatic carbocycles. The first-order valence-electron chi connectivity index (χ1n) is 14.6. The molecule has 0 radical (unpaired) electrons. The van der Waals surface area contributed by atoms with E-state index >= 15 is 4.39 Å². The van der Waals surface area contributed by atoms with Gasteiger partial charge in [0.25, 0.3) is 0 Å². The van der Waals surface area contributed by atoms with Gasteiger partial charge in [-0.15, -0.1) is 0 Å². The summed E-state index contributed by atoms with van der Waals surface area (Å²) in [4.78, 5) is 12.4. The second-order valence-corrected chi connectivity index (χ2v) is 11.1. The minimum absolute atomic E-state index is 0.321. The molecule has 0 atom stereocenters. The van der Waals surface area contributed by atoms with E-state index in [1.807, 2.05) is 18.2 Å². The van der Waals surface area contributed by atoms with Crippen LogP contribution in [0.5, 0.6) is 0 Å². The van der Waals surface area contributed by atoms with Gasteiger partial charge in [-0.3, -0.25) is 4.79 Å². The predicted octanol–water partition coefficient (Wildman–Crippen LogP) is 9.88. The molecule has 2 aromatic rings. The van der Waals surface area contributed by atoms with E-state index in [9.17, 15) is 9.90 Å². The van der Waals surface area contributed by atoms with Crippen LogP contribution in [0.25, 0.3) is 11.1 Å². The Morgan fingerprint density at radius 2 is 1.47 bits per heavy atom. The van der Waals surface area contributed by atoms with Crippen LogP contribution in [0.3, 0.4) is 0 Å². The van der Waals surface area contributed by atoms with Crippen molar-refractivity contribution in [3.05, 3.63) is 59.4 Å². The predicted molar refractivity (Wildman–Crippen MR) is 149 cm³/mol. The fourth-order valence-electron chi connectivity index (χ4n) is 5.95. The van der Waals surface area contributed by atoms with E-state index in [0.717, 1.165) is 24.8 Å². The van der Waals surface area contributed by atoms with E-state index in [2.05, 4.69) is 26.0 Å². The average Bonchev–Trinajstić information content (AvgIpc) is 2.89. The molecule has 1 fully saturated rings. The van der Waals surface area contributed by atoms with Crippen molar-refractivity contribution in [1.29, 1.82) is 0 Å². The molecule has 0 saturated heterocycles. The topological polar surface area (TPSA) is 37.3 Å². The molecular formula is C33H47FO2. The maximum absolute atomic E-state index is 15.3. The highest BCUT2D eigenvalue weighted by Gasteiger charge is 2.43. The van der Waals surface area contributed by atoms with Crippen molar-refractivity contribution in [3.63, 3.8) is 0 Å². The summed E-state index contributed by atoms with van der Waals surface area (Å²) in [7, 11) is 0. The molecule has 36 heavy (non-hydrogen) atoms. The molecule has 198 valence electrons. The summed E-state index contributed by atoms with van der Waals surface area (Å²) in [6, 6.07) is 13.3. The number of carbonyl (C=O) groups is 1. The first kappa shape index (κ1) is 28.4. The fraction of sp³-hybridized carbons (Fsp3) is 0.606. The Bertz CT molecular complexity index is 925. The molecule has 0 spiro atoms. The molecule has 0 bridgehead atoms. The van der Waals surface area contributed by atoms with Gasteiger partial charge in [-0.1, -0.05) is 114 Å². The van der Waals surface area contributed by atoms with Crippen LogP contribution < -0.4 is 0 Å². The first-order chi connectivity index (χ1) is 17.5. The van der Waals surface area contributed by atoms with Crippen LogP contribution in [0.4, 0.5) is 4.39 Å². The number of hydrogen-bond donors (Lipinski definition) is 1. The Labute approximate surface area is 218 Å². The molecule has 0 aliphatic heterocycles. The molecule has 0 unspecified atom stereocenters. The maximum Gasteiger partial charge on any atom is 0.314 e. The zero-order valence-corrected chi connectivity index (χ0v) is 22.7. The molecule has 3 heteroatoms. The number of benzene rings is 2. The third-order valence-corrected chi connectivity index (χ3v) is 8.44. The van der Waals surface area contributed by atoms with Gasteiger partial charge in [0.15, 0.2) is 0 Å². The minimum Gasteiger partial charge on any atom is -0.481 e. The van der Waals surface area contributed by atoms with Crippen molar-refractivity contribution in [2.75, 3.05) is 0 Å². The molecular weight excluding hydrogens is 447 g/mol. The van der Waals surface area contributed by atoms with Crippen LogP contribution in [0.15, 0.2) is 42.5 Å². The van der Waals surface area contributed by atoms with E-state index < -0.39 is 11.4 Å². The van der Waals surface area contributed by atoms with Crippen LogP contribution in [-0.4, -0.2) is 11.1 Å². The number of carboxylic acid groups (broad SMARTS) is 1. The highest BCUT2D eigenvalue weighted by Crippen LogP contribution is 2.44. The average molecular weight is 495 g/mol. The number of aryl methyl sites for hydroxylation is 1. The highest BCUT2D eigenvalue weighted by atomic mass is 19.1. The molecule has 0 heterocycles. The first-order valence-corrected chi connectivity index (χ1v) is 14.6. The van der Waals surface area contributed by atoms with Gasteiger partial charge in [0.1, 0.15) is 5.82 Å². The number of aliphatic carboxylic acids is 1. The monoisotopic (exact) mass is 494 g/mol. The van der Waals surface area contributed by atoms with Crippen molar-refractivity contribution in [2.45, 2.75) is 122 Å². The van der Waals surface area contributed by atoms with Gasteiger partial charge in [0, 0.05) is 5.56 Å². The molecule has 0 amide bonds. The SMILES string of the molecule is CCCCCCCc1ccc(-c2ccc(C3(C(=O)O)CCC(CCCCCCC)CC3)cc2F)cc1. The molecule has 1 aliphatic rings. The van der Waals surface area contributed by atoms with E-state index in [1.165, 1.54) is 82.3 Å². The smallest absolute Gasteiger partial charge is 0.314 e. The number of unbranched alkanes of at least 4 members (excludes halogenated alkanes) is 8. The molecule has 0 aromatic heterocycles. The van der Waals surface area contributed by atoms with E-state index in [1.54, 1.807) is 6.07 Å². The molecule has 1 saturated carbocycles. The van der Waals surface area contributed by atoms with Gasteiger partial charge < -0.3 is 5.11 Å². The molecule has 2 aromatic carbocycles. The molecule has 2 nitrogen and oxygen atoms in total. The Balaban J connectivity index is 1.61. The van der Waals surface area contributed by atoms with Gasteiger partial charge in [-0.05, 0) is 67.2 Å². The fourth-order valence-corrected chi connectivity index (χ4v) is 5.95. The van der Waals surface area contributed by atoms with E-state index in [0.29, 0.717) is 29.9 Å². The van der Waals surface area contributed by atoms with Crippen molar-refractivity contribution < 1.29 is 14.3 Å². The number of halogens is 1. The maximum atomic E-state index is 15.3. The second kappa shape index (κ2) is 14.5. The van der Waals surface area contributed by atoms with Crippen molar-refractivity contribution in [1.82, 2.24) is 0 Å². The summed E-state index contributed by atoms with van der Waals surface area (Å²) in [6.07, 6.45) is 18.0. The van der Waals surface area contributed by atoms with E-state index in [-0.39, 0.29) is 5.82 Å². The van der Waals surface area contributed by atoms with Crippen molar-refractivity contribution >= 4 is 5.97 Å². The minimum atomic E-state index is -0.959. The summed E-state index contributed by atoms with van der Waals surface area (Å²) in [6.45, 7) is 4.46. The Morgan fingerprint density at radius 1 is 0.861 bits per heavy atom. The summed E-state index contributed by atoms with van der Waals surface area (Å²) < 4.78 is 15.3. The Morgan fingerprint density at radius 3 is 2.06 bits per heavy atom. The normalized spacial score (nSPS) is 19.9. The van der Waals surface area contributed by atoms with Gasteiger partial charge in [0.2, 0.25) is 0 Å². The lowest BCUT2D eigenvalue weighted by atomic mass is 9.66. The number of carboxylic acids is 1. The summed E-state index contributed by atoms with van der Waals surface area (Å²) in [5.74, 6) is -0.522. The van der Waals surface area contributed by atoms with Crippen LogP contribution in [0, 0.1) is 11.7 Å². The van der Waals surface area contributed by atoms with Gasteiger partial charge in [-0.2, -0.15) is 0 Å². The quantitative estimate of drug-likeness (QED) is 0.250. The van der Waals surface area contributed by atoms with Gasteiger partial charge >= 0.3 is 5.97 Å². The largest absolute Gasteiger partial charge is 0.481 e. The van der Waals surface area contributed by atoms with Crippen molar-refractivity contribution in [2.24, 2.45) is 5.92 Å². The van der Waals surface area contributed by atoms with Gasteiger partial charge in [0.05, 0.1) is 5.41 Å². The number of rotatable bonds is 15. The highest BCUT2D eigenvalue weighted by molar-refractivity contribution is 5.82. The van der Waals surface area contributed by atoms with Crippen LogP contribution in [-0.2, 0) is 16.6 Å². The van der Waals surface area contributed by atoms with Crippen LogP contribution in [0.2, 0.25) is 0 Å². The lowest BCUT2D eigenvalue weighted by Gasteiger charge is -2.37. The van der Waals surface area contributed by atoms with Gasteiger partial charge in [-0.25, -0.2) is 4.39 Å². The zero-order chi connectivity index (χ0) is 25.8. The summed E-state index contributed by atoms with van der Waals surface area (Å²) >= 11 is 0. The third-order valence-electron chi connectivity index (χ3n) is 8.44. The molecule has 3 rings (SSSR count). The van der Waals surface area contributed by atoms with Crippen LogP contribution in [0.1, 0.15) is 121 Å². The van der Waals surface area contributed by atoms with Crippen LogP contribution >= 0.6 is 0 Å². The van der Waals surface area contributed by atoms with E-state index in [4.69, 9.17) is 0 Å². The Kier molecular flexibility index (Phi) is 11.5. The standard InChI is InChI=1S/C33H47FO2/c1-3-5-7-9-11-13-26-15-17-28(18-16-26)30-20-19-29(25-31(30)34)33(32(35)36)23-21-27(22-24-33)14-12-10-8-6-4-2/h15-20,25,27H,3-14,21-24H2,1-2H3,(H,35,36). The Hall–Kier alpha value is -2.16. The number of hydrogen-bond acceptors (Lipinski definition) is 1. The summed E-state index contributed by atoms with van der Waals surface area (Å²) in [5.41, 5.74) is 2.36. The zero-order valence-electron chi connectivity index (χ0n) is 22.7. The van der Waals surface area contributed by atoms with Crippen molar-refractivity contribution in [3.8, 4) is 11.1 Å². The lowest BCUT2D eigenvalue weighted by Crippen LogP contribution is -2.39. The third kappa shape index (κ3) is 7.67. The summed E-state index contributed by atoms with van der Waals surface area (Å²) in [5, 5.41) is 10.2. The lowest BCUT2D eigenvalue weighted by molar-refractivity contribution is -0.145. The second-order valence-electron chi connectivity index (χ2n) is 11.1.